The number of benzene rings is 1. The van der Waals surface area contributed by atoms with Gasteiger partial charge in [0.1, 0.15) is 5.52 Å². The maximum atomic E-state index is 12.2. The molecule has 23 heavy (non-hydrogen) atoms. The standard InChI is InChI=1S/C16H21N5O2/c1-2-21-14-7-6-12(11-13(14)18-19-21)16(23)17-8-4-10-20-9-3-5-15(20)22/h6-7,11H,2-5,8-10H2,1H3,(H,17,23). The Morgan fingerprint density at radius 3 is 3.00 bits per heavy atom. The molecule has 0 aliphatic carbocycles. The molecule has 1 aliphatic heterocycles. The zero-order valence-corrected chi connectivity index (χ0v) is 13.3. The van der Waals surface area contributed by atoms with Crippen molar-refractivity contribution in [2.24, 2.45) is 0 Å². The molecule has 0 saturated carbocycles. The van der Waals surface area contributed by atoms with Crippen LogP contribution in [0.4, 0.5) is 0 Å². The van der Waals surface area contributed by atoms with Crippen LogP contribution in [0.2, 0.25) is 0 Å². The predicted molar refractivity (Wildman–Crippen MR) is 86.0 cm³/mol. The third-order valence-electron chi connectivity index (χ3n) is 4.14. The minimum atomic E-state index is -0.120. The number of nitrogens with one attached hydrogen (secondary N) is 1. The summed E-state index contributed by atoms with van der Waals surface area (Å²) < 4.78 is 1.80. The van der Waals surface area contributed by atoms with Crippen LogP contribution in [0, 0.1) is 0 Å². The first kappa shape index (κ1) is 15.5. The van der Waals surface area contributed by atoms with E-state index in [0.717, 1.165) is 37.0 Å². The van der Waals surface area contributed by atoms with E-state index in [2.05, 4.69) is 15.6 Å². The molecule has 0 radical (unpaired) electrons. The Morgan fingerprint density at radius 2 is 2.26 bits per heavy atom. The quantitative estimate of drug-likeness (QED) is 0.812. The number of aromatic nitrogens is 3. The van der Waals surface area contributed by atoms with Gasteiger partial charge in [-0.1, -0.05) is 5.21 Å². The second kappa shape index (κ2) is 6.76. The van der Waals surface area contributed by atoms with Crippen molar-refractivity contribution in [3.05, 3.63) is 23.8 Å². The lowest BCUT2D eigenvalue weighted by molar-refractivity contribution is -0.127. The SMILES string of the molecule is CCn1nnc2cc(C(=O)NCCCN3CCCC3=O)ccc21. The van der Waals surface area contributed by atoms with Gasteiger partial charge in [-0.05, 0) is 38.0 Å². The fourth-order valence-corrected chi connectivity index (χ4v) is 2.86. The zero-order chi connectivity index (χ0) is 16.2. The second-order valence-corrected chi connectivity index (χ2v) is 5.70. The number of fused-ring (bicyclic) bond motifs is 1. The van der Waals surface area contributed by atoms with Crippen LogP contribution in [0.15, 0.2) is 18.2 Å². The maximum absolute atomic E-state index is 12.2. The van der Waals surface area contributed by atoms with E-state index in [1.54, 1.807) is 16.8 Å². The molecule has 7 heteroatoms. The number of amides is 2. The van der Waals surface area contributed by atoms with Crippen LogP contribution in [-0.4, -0.2) is 51.3 Å². The highest BCUT2D eigenvalue weighted by Crippen LogP contribution is 2.13. The number of rotatable bonds is 6. The number of carbonyl (C=O) groups is 2. The fraction of sp³-hybridized carbons (Fsp3) is 0.500. The van der Waals surface area contributed by atoms with Gasteiger partial charge in [0, 0.05) is 38.2 Å². The van der Waals surface area contributed by atoms with E-state index in [-0.39, 0.29) is 11.8 Å². The number of likely N-dealkylation sites (tertiary alicyclic amines) is 1. The van der Waals surface area contributed by atoms with E-state index in [0.29, 0.717) is 25.1 Å². The highest BCUT2D eigenvalue weighted by molar-refractivity contribution is 5.97. The Balaban J connectivity index is 1.52. The number of nitrogens with zero attached hydrogens (tertiary/aromatic N) is 4. The maximum Gasteiger partial charge on any atom is 0.251 e. The van der Waals surface area contributed by atoms with Crippen LogP contribution in [0.1, 0.15) is 36.5 Å². The molecule has 0 bridgehead atoms. The van der Waals surface area contributed by atoms with Crippen LogP contribution in [-0.2, 0) is 11.3 Å². The summed E-state index contributed by atoms with van der Waals surface area (Å²) in [4.78, 5) is 25.5. The molecule has 1 fully saturated rings. The summed E-state index contributed by atoms with van der Waals surface area (Å²) in [6.07, 6.45) is 2.38. The normalized spacial score (nSPS) is 14.7. The molecule has 0 atom stereocenters. The van der Waals surface area contributed by atoms with Crippen LogP contribution < -0.4 is 5.32 Å². The summed E-state index contributed by atoms with van der Waals surface area (Å²) in [5.74, 6) is 0.103. The van der Waals surface area contributed by atoms with Crippen molar-refractivity contribution in [2.45, 2.75) is 32.7 Å². The molecule has 1 saturated heterocycles. The number of carbonyl (C=O) groups excluding carboxylic acids is 2. The number of hydrogen-bond donors (Lipinski definition) is 1. The summed E-state index contributed by atoms with van der Waals surface area (Å²) in [6.45, 7) is 4.86. The summed E-state index contributed by atoms with van der Waals surface area (Å²) in [6, 6.07) is 5.42. The highest BCUT2D eigenvalue weighted by atomic mass is 16.2. The van der Waals surface area contributed by atoms with E-state index in [1.165, 1.54) is 0 Å². The van der Waals surface area contributed by atoms with Crippen molar-refractivity contribution in [3.63, 3.8) is 0 Å². The Kier molecular flexibility index (Phi) is 4.55. The highest BCUT2D eigenvalue weighted by Gasteiger charge is 2.19. The van der Waals surface area contributed by atoms with Gasteiger partial charge in [0.2, 0.25) is 5.91 Å². The first-order valence-electron chi connectivity index (χ1n) is 8.08. The van der Waals surface area contributed by atoms with Crippen molar-refractivity contribution in [1.29, 1.82) is 0 Å². The zero-order valence-electron chi connectivity index (χ0n) is 13.3. The molecule has 7 nitrogen and oxygen atoms in total. The molecule has 2 amide bonds. The fourth-order valence-electron chi connectivity index (χ4n) is 2.86. The minimum absolute atomic E-state index is 0.120. The molecule has 0 spiro atoms. The Labute approximate surface area is 134 Å². The molecule has 2 heterocycles. The molecule has 122 valence electrons. The van der Waals surface area contributed by atoms with Gasteiger partial charge in [-0.15, -0.1) is 5.10 Å². The van der Waals surface area contributed by atoms with Gasteiger partial charge in [-0.3, -0.25) is 9.59 Å². The molecule has 2 aromatic rings. The number of aryl methyl sites for hydroxylation is 1. The third kappa shape index (κ3) is 3.33. The van der Waals surface area contributed by atoms with Gasteiger partial charge in [-0.2, -0.15) is 0 Å². The summed E-state index contributed by atoms with van der Waals surface area (Å²) in [5, 5.41) is 11.0. The Morgan fingerprint density at radius 1 is 1.39 bits per heavy atom. The van der Waals surface area contributed by atoms with Gasteiger partial charge in [0.05, 0.1) is 5.52 Å². The summed E-state index contributed by atoms with van der Waals surface area (Å²) in [5.41, 5.74) is 2.23. The first-order chi connectivity index (χ1) is 11.2. The lowest BCUT2D eigenvalue weighted by Crippen LogP contribution is -2.30. The largest absolute Gasteiger partial charge is 0.352 e. The molecule has 1 aliphatic rings. The lowest BCUT2D eigenvalue weighted by Gasteiger charge is -2.15. The molecule has 1 aromatic carbocycles. The molecule has 0 unspecified atom stereocenters. The van der Waals surface area contributed by atoms with Crippen LogP contribution in [0.3, 0.4) is 0 Å². The van der Waals surface area contributed by atoms with Gasteiger partial charge in [-0.25, -0.2) is 4.68 Å². The van der Waals surface area contributed by atoms with Crippen LogP contribution in [0.5, 0.6) is 0 Å². The van der Waals surface area contributed by atoms with Gasteiger partial charge in [0.25, 0.3) is 5.91 Å². The van der Waals surface area contributed by atoms with Gasteiger partial charge in [0.15, 0.2) is 0 Å². The molecule has 1 N–H and O–H groups in total. The molecular weight excluding hydrogens is 294 g/mol. The smallest absolute Gasteiger partial charge is 0.251 e. The van der Waals surface area contributed by atoms with Crippen LogP contribution >= 0.6 is 0 Å². The second-order valence-electron chi connectivity index (χ2n) is 5.70. The Hall–Kier alpha value is -2.44. The molecular formula is C16H21N5O2. The Bertz CT molecular complexity index is 724. The minimum Gasteiger partial charge on any atom is -0.352 e. The van der Waals surface area contributed by atoms with Crippen molar-refractivity contribution in [1.82, 2.24) is 25.2 Å². The van der Waals surface area contributed by atoms with Crippen LogP contribution in [0.25, 0.3) is 11.0 Å². The summed E-state index contributed by atoms with van der Waals surface area (Å²) >= 11 is 0. The van der Waals surface area contributed by atoms with Crippen molar-refractivity contribution < 1.29 is 9.59 Å². The summed E-state index contributed by atoms with van der Waals surface area (Å²) in [7, 11) is 0. The lowest BCUT2D eigenvalue weighted by atomic mass is 10.2. The van der Waals surface area contributed by atoms with E-state index in [4.69, 9.17) is 0 Å². The van der Waals surface area contributed by atoms with E-state index in [1.807, 2.05) is 17.9 Å². The van der Waals surface area contributed by atoms with Gasteiger partial charge >= 0.3 is 0 Å². The van der Waals surface area contributed by atoms with Gasteiger partial charge < -0.3 is 10.2 Å². The van der Waals surface area contributed by atoms with Crippen molar-refractivity contribution in [3.8, 4) is 0 Å². The molecule has 1 aromatic heterocycles. The van der Waals surface area contributed by atoms with Crippen molar-refractivity contribution in [2.75, 3.05) is 19.6 Å². The topological polar surface area (TPSA) is 80.1 Å². The molecule has 3 rings (SSSR count). The number of hydrogen-bond acceptors (Lipinski definition) is 4. The van der Waals surface area contributed by atoms with E-state index >= 15 is 0 Å². The third-order valence-corrected chi connectivity index (χ3v) is 4.14. The first-order valence-corrected chi connectivity index (χ1v) is 8.08. The van der Waals surface area contributed by atoms with E-state index < -0.39 is 0 Å². The van der Waals surface area contributed by atoms with E-state index in [9.17, 15) is 9.59 Å². The average Bonchev–Trinajstić information content (AvgIpc) is 3.16. The predicted octanol–water partition coefficient (Wildman–Crippen LogP) is 1.19. The van der Waals surface area contributed by atoms with Crippen molar-refractivity contribution >= 4 is 22.8 Å². The monoisotopic (exact) mass is 315 g/mol. The average molecular weight is 315 g/mol.